The summed E-state index contributed by atoms with van der Waals surface area (Å²) in [5, 5.41) is 0.440. The number of carbonyl (C=O) groups is 1. The predicted octanol–water partition coefficient (Wildman–Crippen LogP) is 3.70. The summed E-state index contributed by atoms with van der Waals surface area (Å²) in [5.41, 5.74) is -2.01. The molecule has 106 valence electrons. The van der Waals surface area contributed by atoms with Crippen molar-refractivity contribution in [3.8, 4) is 0 Å². The average molecular weight is 342 g/mol. The van der Waals surface area contributed by atoms with Crippen LogP contribution in [0.15, 0.2) is 18.2 Å². The Morgan fingerprint density at radius 2 is 2.00 bits per heavy atom. The zero-order valence-electron chi connectivity index (χ0n) is 10.3. The molecular formula is C12H12BrF4NO. The van der Waals surface area contributed by atoms with Crippen LogP contribution in [0.1, 0.15) is 22.8 Å². The van der Waals surface area contributed by atoms with E-state index in [1.54, 1.807) is 6.92 Å². The molecule has 1 aromatic rings. The van der Waals surface area contributed by atoms with Crippen molar-refractivity contribution >= 4 is 21.8 Å². The van der Waals surface area contributed by atoms with Crippen LogP contribution in [0, 0.1) is 5.82 Å². The number of alkyl halides is 4. The minimum absolute atomic E-state index is 0.263. The first kappa shape index (κ1) is 15.9. The van der Waals surface area contributed by atoms with Crippen LogP contribution < -0.4 is 0 Å². The average Bonchev–Trinajstić information content (AvgIpc) is 2.35. The Kier molecular flexibility index (Phi) is 4.95. The first-order valence-corrected chi connectivity index (χ1v) is 6.51. The molecule has 0 spiro atoms. The molecule has 0 fully saturated rings. The standard InChI is InChI=1S/C12H12BrF4NO/c1-7(6-13)18(2)11(19)8-4-3-5-9(10(8)14)12(15,16)17/h3-5,7H,6H2,1-2H3. The van der Waals surface area contributed by atoms with Gasteiger partial charge >= 0.3 is 6.18 Å². The highest BCUT2D eigenvalue weighted by atomic mass is 79.9. The van der Waals surface area contributed by atoms with Crippen molar-refractivity contribution in [3.05, 3.63) is 35.1 Å². The summed E-state index contributed by atoms with van der Waals surface area (Å²) in [6.07, 6.45) is -4.82. The fourth-order valence-corrected chi connectivity index (χ4v) is 1.84. The van der Waals surface area contributed by atoms with Crippen molar-refractivity contribution in [3.63, 3.8) is 0 Å². The Balaban J connectivity index is 3.19. The largest absolute Gasteiger partial charge is 0.419 e. The number of rotatable bonds is 3. The molecule has 1 rings (SSSR count). The van der Waals surface area contributed by atoms with Crippen molar-refractivity contribution in [2.24, 2.45) is 0 Å². The van der Waals surface area contributed by atoms with Gasteiger partial charge in [-0.3, -0.25) is 4.79 Å². The Morgan fingerprint density at radius 3 is 2.47 bits per heavy atom. The normalized spacial score (nSPS) is 13.2. The topological polar surface area (TPSA) is 20.3 Å². The number of hydrogen-bond donors (Lipinski definition) is 0. The zero-order valence-corrected chi connectivity index (χ0v) is 11.8. The second-order valence-electron chi connectivity index (χ2n) is 4.08. The molecule has 0 saturated heterocycles. The van der Waals surface area contributed by atoms with Crippen LogP contribution in [0.5, 0.6) is 0 Å². The highest BCUT2D eigenvalue weighted by Gasteiger charge is 2.36. The van der Waals surface area contributed by atoms with E-state index in [0.717, 1.165) is 12.1 Å². The lowest BCUT2D eigenvalue weighted by atomic mass is 10.1. The lowest BCUT2D eigenvalue weighted by Crippen LogP contribution is -2.36. The third kappa shape index (κ3) is 3.46. The van der Waals surface area contributed by atoms with E-state index >= 15 is 0 Å². The van der Waals surface area contributed by atoms with Gasteiger partial charge in [0.05, 0.1) is 11.1 Å². The van der Waals surface area contributed by atoms with Gasteiger partial charge in [0.15, 0.2) is 0 Å². The molecule has 0 saturated carbocycles. The second-order valence-corrected chi connectivity index (χ2v) is 4.73. The van der Waals surface area contributed by atoms with Gasteiger partial charge in [-0.1, -0.05) is 22.0 Å². The summed E-state index contributed by atoms with van der Waals surface area (Å²) in [6, 6.07) is 2.41. The fourth-order valence-electron chi connectivity index (χ4n) is 1.41. The smallest absolute Gasteiger partial charge is 0.338 e. The van der Waals surface area contributed by atoms with Gasteiger partial charge in [0.25, 0.3) is 5.91 Å². The van der Waals surface area contributed by atoms with Gasteiger partial charge in [-0.25, -0.2) is 4.39 Å². The van der Waals surface area contributed by atoms with Crippen LogP contribution in [-0.4, -0.2) is 29.2 Å². The number of hydrogen-bond acceptors (Lipinski definition) is 1. The summed E-state index contributed by atoms with van der Waals surface area (Å²) >= 11 is 3.15. The molecule has 0 N–H and O–H groups in total. The van der Waals surface area contributed by atoms with Gasteiger partial charge in [0, 0.05) is 18.4 Å². The van der Waals surface area contributed by atoms with Crippen LogP contribution >= 0.6 is 15.9 Å². The minimum atomic E-state index is -4.82. The third-order valence-electron chi connectivity index (χ3n) is 2.74. The quantitative estimate of drug-likeness (QED) is 0.606. The van der Waals surface area contributed by atoms with Gasteiger partial charge in [0.1, 0.15) is 5.82 Å². The summed E-state index contributed by atoms with van der Waals surface area (Å²) in [5.74, 6) is -2.32. The molecule has 2 nitrogen and oxygen atoms in total. The minimum Gasteiger partial charge on any atom is -0.338 e. The highest BCUT2D eigenvalue weighted by molar-refractivity contribution is 9.09. The summed E-state index contributed by atoms with van der Waals surface area (Å²) < 4.78 is 51.4. The molecule has 0 aliphatic carbocycles. The Labute approximate surface area is 116 Å². The van der Waals surface area contributed by atoms with E-state index in [1.807, 2.05) is 0 Å². The zero-order chi connectivity index (χ0) is 14.8. The maximum absolute atomic E-state index is 13.8. The molecular weight excluding hydrogens is 330 g/mol. The molecule has 19 heavy (non-hydrogen) atoms. The van der Waals surface area contributed by atoms with E-state index < -0.39 is 29.0 Å². The lowest BCUT2D eigenvalue weighted by Gasteiger charge is -2.24. The van der Waals surface area contributed by atoms with E-state index in [9.17, 15) is 22.4 Å². The van der Waals surface area contributed by atoms with Gasteiger partial charge in [-0.15, -0.1) is 0 Å². The molecule has 1 aromatic carbocycles. The molecule has 7 heteroatoms. The number of amides is 1. The molecule has 0 radical (unpaired) electrons. The lowest BCUT2D eigenvalue weighted by molar-refractivity contribution is -0.140. The molecule has 1 atom stereocenters. The van der Waals surface area contributed by atoms with Crippen molar-refractivity contribution in [1.29, 1.82) is 0 Å². The molecule has 0 aliphatic rings. The van der Waals surface area contributed by atoms with Gasteiger partial charge in [0.2, 0.25) is 0 Å². The van der Waals surface area contributed by atoms with E-state index in [4.69, 9.17) is 0 Å². The third-order valence-corrected chi connectivity index (χ3v) is 3.68. The maximum Gasteiger partial charge on any atom is 0.419 e. The number of halogens is 5. The number of nitrogens with zero attached hydrogens (tertiary/aromatic N) is 1. The van der Waals surface area contributed by atoms with E-state index in [1.165, 1.54) is 11.9 Å². The molecule has 0 aliphatic heterocycles. The number of carbonyl (C=O) groups excluding carboxylic acids is 1. The Bertz CT molecular complexity index is 475. The SMILES string of the molecule is CC(CBr)N(C)C(=O)c1cccc(C(F)(F)F)c1F. The summed E-state index contributed by atoms with van der Waals surface area (Å²) in [6.45, 7) is 1.69. The highest BCUT2D eigenvalue weighted by Crippen LogP contribution is 2.32. The van der Waals surface area contributed by atoms with Crippen molar-refractivity contribution in [2.45, 2.75) is 19.1 Å². The maximum atomic E-state index is 13.8. The van der Waals surface area contributed by atoms with Crippen molar-refractivity contribution in [1.82, 2.24) is 4.90 Å². The fraction of sp³-hybridized carbons (Fsp3) is 0.417. The van der Waals surface area contributed by atoms with Crippen LogP contribution in [0.25, 0.3) is 0 Å². The van der Waals surface area contributed by atoms with E-state index in [2.05, 4.69) is 15.9 Å². The number of benzene rings is 1. The molecule has 0 aromatic heterocycles. The first-order chi connectivity index (χ1) is 8.70. The van der Waals surface area contributed by atoms with E-state index in [0.29, 0.717) is 11.4 Å². The molecule has 1 unspecified atom stereocenters. The first-order valence-electron chi connectivity index (χ1n) is 5.39. The predicted molar refractivity (Wildman–Crippen MR) is 66.8 cm³/mol. The Morgan fingerprint density at radius 1 is 1.42 bits per heavy atom. The molecule has 1 amide bonds. The van der Waals surface area contributed by atoms with Crippen LogP contribution in [0.4, 0.5) is 17.6 Å². The van der Waals surface area contributed by atoms with Crippen molar-refractivity contribution < 1.29 is 22.4 Å². The summed E-state index contributed by atoms with van der Waals surface area (Å²) in [4.78, 5) is 13.1. The van der Waals surface area contributed by atoms with Crippen LogP contribution in [0.2, 0.25) is 0 Å². The van der Waals surface area contributed by atoms with Gasteiger partial charge in [-0.2, -0.15) is 13.2 Å². The second kappa shape index (κ2) is 5.90. The van der Waals surface area contributed by atoms with Gasteiger partial charge in [-0.05, 0) is 19.1 Å². The van der Waals surface area contributed by atoms with Crippen molar-refractivity contribution in [2.75, 3.05) is 12.4 Å². The van der Waals surface area contributed by atoms with Crippen LogP contribution in [0.3, 0.4) is 0 Å². The Hall–Kier alpha value is -1.11. The summed E-state index contributed by atoms with van der Waals surface area (Å²) in [7, 11) is 1.41. The molecule has 0 bridgehead atoms. The monoisotopic (exact) mass is 341 g/mol. The van der Waals surface area contributed by atoms with Crippen LogP contribution in [-0.2, 0) is 6.18 Å². The van der Waals surface area contributed by atoms with Gasteiger partial charge < -0.3 is 4.90 Å². The molecule has 0 heterocycles. The van der Waals surface area contributed by atoms with E-state index in [-0.39, 0.29) is 6.04 Å².